The Hall–Kier alpha value is -4.66. The number of methoxy groups -OCH3 is 2. The molecule has 0 aliphatic rings. The van der Waals surface area contributed by atoms with Crippen LogP contribution in [0.3, 0.4) is 0 Å². The molecule has 4 aromatic rings. The van der Waals surface area contributed by atoms with Crippen molar-refractivity contribution in [3.8, 4) is 28.7 Å². The molecule has 40 heavy (non-hydrogen) atoms. The van der Waals surface area contributed by atoms with Crippen molar-refractivity contribution >= 4 is 22.5 Å². The van der Waals surface area contributed by atoms with Gasteiger partial charge in [0.1, 0.15) is 11.5 Å². The summed E-state index contributed by atoms with van der Waals surface area (Å²) in [4.78, 5) is 31.8. The third-order valence-electron chi connectivity index (χ3n) is 6.22. The monoisotopic (exact) mass is 546 g/mol. The molecule has 3 aromatic carbocycles. The Morgan fingerprint density at radius 2 is 1.45 bits per heavy atom. The van der Waals surface area contributed by atoms with Crippen LogP contribution in [0.15, 0.2) is 65.5 Å². The Balaban J connectivity index is 1.84. The van der Waals surface area contributed by atoms with Gasteiger partial charge in [0.05, 0.1) is 40.6 Å². The molecule has 0 fully saturated rings. The number of hydrogen-bond donors (Lipinski definition) is 1. The average molecular weight is 547 g/mol. The summed E-state index contributed by atoms with van der Waals surface area (Å²) in [5.74, 6) is 2.12. The Labute approximate surface area is 233 Å². The number of carbonyl (C=O) groups excluding carboxylic acids is 1. The van der Waals surface area contributed by atoms with Crippen molar-refractivity contribution in [2.24, 2.45) is 0 Å². The predicted octanol–water partition coefficient (Wildman–Crippen LogP) is 5.59. The molecule has 0 aliphatic carbocycles. The topological polar surface area (TPSA) is 99.3 Å². The number of fused-ring (bicyclic) bond motifs is 1. The fourth-order valence-corrected chi connectivity index (χ4v) is 4.37. The number of rotatable bonds is 12. The Bertz CT molecular complexity index is 1520. The summed E-state index contributed by atoms with van der Waals surface area (Å²) in [6, 6.07) is 17.6. The minimum Gasteiger partial charge on any atom is -0.497 e. The molecule has 0 atom stereocenters. The summed E-state index contributed by atoms with van der Waals surface area (Å²) in [5.41, 5.74) is 1.65. The molecule has 9 nitrogen and oxygen atoms in total. The van der Waals surface area contributed by atoms with Crippen molar-refractivity contribution in [1.82, 2.24) is 4.98 Å². The van der Waals surface area contributed by atoms with Crippen molar-refractivity contribution in [2.75, 3.05) is 38.9 Å². The number of carbonyl (C=O) groups is 1. The van der Waals surface area contributed by atoms with Gasteiger partial charge in [-0.2, -0.15) is 0 Å². The number of anilines is 1. The van der Waals surface area contributed by atoms with Crippen LogP contribution >= 0.6 is 0 Å². The number of amides is 1. The number of ether oxygens (including phenoxy) is 5. The minimum atomic E-state index is -0.358. The van der Waals surface area contributed by atoms with Crippen molar-refractivity contribution in [3.05, 3.63) is 82.1 Å². The summed E-state index contributed by atoms with van der Waals surface area (Å²) in [6.45, 7) is 6.72. The van der Waals surface area contributed by atoms with E-state index in [9.17, 15) is 9.59 Å². The maximum absolute atomic E-state index is 14.2. The molecule has 4 rings (SSSR count). The van der Waals surface area contributed by atoms with E-state index < -0.39 is 0 Å². The molecule has 210 valence electrons. The maximum atomic E-state index is 14.2. The van der Waals surface area contributed by atoms with Crippen molar-refractivity contribution < 1.29 is 28.5 Å². The van der Waals surface area contributed by atoms with Crippen LogP contribution in [-0.4, -0.2) is 44.9 Å². The SMILES string of the molecule is CCOc1cc(C(=O)N(Cc2cc3cc(OC)ccc3[nH]c2=O)c2cccc(OC)c2)cc(OCC)c1OCC. The lowest BCUT2D eigenvalue weighted by Gasteiger charge is -2.25. The lowest BCUT2D eigenvalue weighted by atomic mass is 10.1. The fraction of sp³-hybridized carbons (Fsp3) is 0.290. The van der Waals surface area contributed by atoms with E-state index in [1.807, 2.05) is 26.8 Å². The Morgan fingerprint density at radius 1 is 0.800 bits per heavy atom. The van der Waals surface area contributed by atoms with Gasteiger partial charge in [0.25, 0.3) is 11.5 Å². The first-order valence-electron chi connectivity index (χ1n) is 13.1. The summed E-state index contributed by atoms with van der Waals surface area (Å²) in [6.07, 6.45) is 0. The zero-order chi connectivity index (χ0) is 28.6. The molecular weight excluding hydrogens is 512 g/mol. The molecule has 0 aliphatic heterocycles. The summed E-state index contributed by atoms with van der Waals surface area (Å²) < 4.78 is 28.2. The van der Waals surface area contributed by atoms with Gasteiger partial charge in [-0.15, -0.1) is 0 Å². The van der Waals surface area contributed by atoms with Gasteiger partial charge in [-0.3, -0.25) is 9.59 Å². The van der Waals surface area contributed by atoms with Crippen LogP contribution < -0.4 is 34.1 Å². The molecule has 1 amide bonds. The van der Waals surface area contributed by atoms with Crippen LogP contribution in [0.1, 0.15) is 36.7 Å². The number of benzene rings is 3. The van der Waals surface area contributed by atoms with Crippen molar-refractivity contribution in [1.29, 1.82) is 0 Å². The first-order chi connectivity index (χ1) is 19.4. The van der Waals surface area contributed by atoms with E-state index in [-0.39, 0.29) is 18.0 Å². The van der Waals surface area contributed by atoms with Gasteiger partial charge in [-0.25, -0.2) is 0 Å². The molecular formula is C31H34N2O7. The second-order valence-electron chi connectivity index (χ2n) is 8.77. The second kappa shape index (κ2) is 12.9. The number of nitrogens with one attached hydrogen (secondary N) is 1. The van der Waals surface area contributed by atoms with Gasteiger partial charge >= 0.3 is 0 Å². The van der Waals surface area contributed by atoms with E-state index in [1.165, 1.54) is 4.90 Å². The Morgan fingerprint density at radius 3 is 2.08 bits per heavy atom. The van der Waals surface area contributed by atoms with Gasteiger partial charge in [0, 0.05) is 33.8 Å². The van der Waals surface area contributed by atoms with Crippen LogP contribution in [0.4, 0.5) is 5.69 Å². The van der Waals surface area contributed by atoms with Crippen LogP contribution in [0.5, 0.6) is 28.7 Å². The zero-order valence-corrected chi connectivity index (χ0v) is 23.4. The van der Waals surface area contributed by atoms with E-state index >= 15 is 0 Å². The molecule has 9 heteroatoms. The highest BCUT2D eigenvalue weighted by molar-refractivity contribution is 6.07. The largest absolute Gasteiger partial charge is 0.497 e. The first-order valence-corrected chi connectivity index (χ1v) is 13.1. The number of hydrogen-bond acceptors (Lipinski definition) is 7. The van der Waals surface area contributed by atoms with Crippen LogP contribution in [0.2, 0.25) is 0 Å². The number of aromatic amines is 1. The van der Waals surface area contributed by atoms with Crippen molar-refractivity contribution in [2.45, 2.75) is 27.3 Å². The highest BCUT2D eigenvalue weighted by atomic mass is 16.5. The average Bonchev–Trinajstić information content (AvgIpc) is 2.97. The zero-order valence-electron chi connectivity index (χ0n) is 23.4. The minimum absolute atomic E-state index is 0.00433. The molecule has 0 saturated heterocycles. The van der Waals surface area contributed by atoms with E-state index in [0.29, 0.717) is 70.9 Å². The van der Waals surface area contributed by atoms with E-state index in [1.54, 1.807) is 68.8 Å². The summed E-state index contributed by atoms with van der Waals surface area (Å²) >= 11 is 0. The third-order valence-corrected chi connectivity index (χ3v) is 6.22. The van der Waals surface area contributed by atoms with Crippen LogP contribution in [0.25, 0.3) is 10.9 Å². The molecule has 0 radical (unpaired) electrons. The molecule has 0 saturated carbocycles. The van der Waals surface area contributed by atoms with E-state index in [4.69, 9.17) is 23.7 Å². The molecule has 0 unspecified atom stereocenters. The number of aromatic nitrogens is 1. The third kappa shape index (κ3) is 6.14. The number of H-pyrrole nitrogens is 1. The van der Waals surface area contributed by atoms with Gasteiger partial charge in [0.2, 0.25) is 5.75 Å². The smallest absolute Gasteiger partial charge is 0.258 e. The van der Waals surface area contributed by atoms with Gasteiger partial charge < -0.3 is 33.6 Å². The molecule has 0 spiro atoms. The van der Waals surface area contributed by atoms with E-state index in [2.05, 4.69) is 4.98 Å². The molecule has 1 N–H and O–H groups in total. The normalized spacial score (nSPS) is 10.7. The van der Waals surface area contributed by atoms with Gasteiger partial charge in [-0.05, 0) is 69.3 Å². The predicted molar refractivity (Wildman–Crippen MR) is 155 cm³/mol. The summed E-state index contributed by atoms with van der Waals surface area (Å²) in [7, 11) is 3.14. The number of pyridine rings is 1. The van der Waals surface area contributed by atoms with Crippen LogP contribution in [-0.2, 0) is 6.54 Å². The maximum Gasteiger partial charge on any atom is 0.258 e. The quantitative estimate of drug-likeness (QED) is 0.247. The number of nitrogens with zero attached hydrogens (tertiary/aromatic N) is 1. The van der Waals surface area contributed by atoms with Gasteiger partial charge in [0.15, 0.2) is 11.5 Å². The highest BCUT2D eigenvalue weighted by Gasteiger charge is 2.24. The Kier molecular flexibility index (Phi) is 9.16. The van der Waals surface area contributed by atoms with Crippen LogP contribution in [0, 0.1) is 0 Å². The van der Waals surface area contributed by atoms with Gasteiger partial charge in [-0.1, -0.05) is 6.07 Å². The summed E-state index contributed by atoms with van der Waals surface area (Å²) in [5, 5.41) is 0.783. The van der Waals surface area contributed by atoms with E-state index in [0.717, 1.165) is 5.39 Å². The molecule has 1 heterocycles. The fourth-order valence-electron chi connectivity index (χ4n) is 4.37. The molecule has 1 aromatic heterocycles. The lowest BCUT2D eigenvalue weighted by molar-refractivity contribution is 0.0984. The highest BCUT2D eigenvalue weighted by Crippen LogP contribution is 2.40. The van der Waals surface area contributed by atoms with Crippen molar-refractivity contribution in [3.63, 3.8) is 0 Å². The molecule has 0 bridgehead atoms. The lowest BCUT2D eigenvalue weighted by Crippen LogP contribution is -2.33. The second-order valence-corrected chi connectivity index (χ2v) is 8.77. The first kappa shape index (κ1) is 28.4. The standard InChI is InChI=1S/C31H34N2O7/c1-6-38-27-16-21(17-28(39-7-2)29(27)40-8-3)31(35)33(23-10-9-11-24(18-23)36-4)19-22-14-20-15-25(37-5)12-13-26(20)32-30(22)34/h9-18H,6-8,19H2,1-5H3,(H,32,34).